The number of amides is 2. The zero-order valence-electron chi connectivity index (χ0n) is 8.86. The maximum absolute atomic E-state index is 11.1. The van der Waals surface area contributed by atoms with Crippen LogP contribution in [0.2, 0.25) is 0 Å². The van der Waals surface area contributed by atoms with Crippen molar-refractivity contribution in [3.63, 3.8) is 0 Å². The molecule has 82 valence electrons. The number of nitrogens with one attached hydrogen (secondary N) is 1. The van der Waals surface area contributed by atoms with Crippen molar-refractivity contribution in [2.24, 2.45) is 5.73 Å². The molecule has 1 aromatic heterocycles. The monoisotopic (exact) mass is 208 g/mol. The highest BCUT2D eigenvalue weighted by molar-refractivity contribution is 5.72. The van der Waals surface area contributed by atoms with Gasteiger partial charge in [0.15, 0.2) is 0 Å². The minimum Gasteiger partial charge on any atom is -0.351 e. The standard InChI is InChI=1S/C10H16N4O/c1-7-5-12-13-9(7)8-3-2-4-14(6-8)10(11)15/h5,8H,2-4,6H2,1H3,(H2,11,15)(H,12,13). The zero-order chi connectivity index (χ0) is 10.8. The molecule has 1 saturated heterocycles. The fourth-order valence-corrected chi connectivity index (χ4v) is 2.17. The van der Waals surface area contributed by atoms with Crippen molar-refractivity contribution in [3.8, 4) is 0 Å². The summed E-state index contributed by atoms with van der Waals surface area (Å²) in [4.78, 5) is 12.8. The topological polar surface area (TPSA) is 75.0 Å². The summed E-state index contributed by atoms with van der Waals surface area (Å²) in [6.07, 6.45) is 3.97. The van der Waals surface area contributed by atoms with Gasteiger partial charge in [-0.3, -0.25) is 5.10 Å². The quantitative estimate of drug-likeness (QED) is 0.721. The summed E-state index contributed by atoms with van der Waals surface area (Å²) in [7, 11) is 0. The summed E-state index contributed by atoms with van der Waals surface area (Å²) in [6, 6.07) is -0.326. The number of carbonyl (C=O) groups excluding carboxylic acids is 1. The molecule has 2 rings (SSSR count). The second kappa shape index (κ2) is 3.92. The number of rotatable bonds is 1. The Morgan fingerprint density at radius 1 is 1.73 bits per heavy atom. The fraction of sp³-hybridized carbons (Fsp3) is 0.600. The molecule has 2 amide bonds. The van der Waals surface area contributed by atoms with Crippen molar-refractivity contribution in [3.05, 3.63) is 17.5 Å². The largest absolute Gasteiger partial charge is 0.351 e. The Bertz CT molecular complexity index is 360. The van der Waals surface area contributed by atoms with Crippen LogP contribution in [-0.4, -0.2) is 34.2 Å². The van der Waals surface area contributed by atoms with Crippen LogP contribution in [0.3, 0.4) is 0 Å². The van der Waals surface area contributed by atoms with Gasteiger partial charge in [0.05, 0.1) is 5.69 Å². The summed E-state index contributed by atoms with van der Waals surface area (Å²) < 4.78 is 0. The van der Waals surface area contributed by atoms with E-state index in [0.29, 0.717) is 12.5 Å². The summed E-state index contributed by atoms with van der Waals surface area (Å²) in [5.41, 5.74) is 7.51. The van der Waals surface area contributed by atoms with Gasteiger partial charge in [0.1, 0.15) is 0 Å². The summed E-state index contributed by atoms with van der Waals surface area (Å²) >= 11 is 0. The second-order valence-electron chi connectivity index (χ2n) is 4.08. The van der Waals surface area contributed by atoms with Gasteiger partial charge in [-0.1, -0.05) is 0 Å². The number of carbonyl (C=O) groups is 1. The number of aromatic amines is 1. The molecule has 1 fully saturated rings. The van der Waals surface area contributed by atoms with Crippen molar-refractivity contribution < 1.29 is 4.79 Å². The minimum atomic E-state index is -0.326. The first-order valence-electron chi connectivity index (χ1n) is 5.23. The van der Waals surface area contributed by atoms with E-state index in [1.807, 2.05) is 13.1 Å². The van der Waals surface area contributed by atoms with Gasteiger partial charge in [-0.05, 0) is 25.3 Å². The van der Waals surface area contributed by atoms with Gasteiger partial charge in [0.25, 0.3) is 0 Å². The maximum Gasteiger partial charge on any atom is 0.314 e. The number of likely N-dealkylation sites (tertiary alicyclic amines) is 1. The van der Waals surface area contributed by atoms with Crippen LogP contribution >= 0.6 is 0 Å². The number of H-pyrrole nitrogens is 1. The van der Waals surface area contributed by atoms with Gasteiger partial charge in [0, 0.05) is 25.2 Å². The molecule has 1 atom stereocenters. The first-order chi connectivity index (χ1) is 7.18. The normalized spacial score (nSPS) is 21.7. The Labute approximate surface area is 88.6 Å². The van der Waals surface area contributed by atoms with Crippen molar-refractivity contribution in [1.82, 2.24) is 15.1 Å². The molecule has 5 heteroatoms. The number of hydrogen-bond donors (Lipinski definition) is 2. The van der Waals surface area contributed by atoms with Crippen molar-refractivity contribution in [1.29, 1.82) is 0 Å². The van der Waals surface area contributed by atoms with Crippen LogP contribution in [0, 0.1) is 6.92 Å². The molecule has 1 unspecified atom stereocenters. The molecule has 1 aliphatic rings. The van der Waals surface area contributed by atoms with Gasteiger partial charge in [-0.2, -0.15) is 5.10 Å². The number of nitrogens with two attached hydrogens (primary N) is 1. The lowest BCUT2D eigenvalue weighted by molar-refractivity contribution is 0.188. The van der Waals surface area contributed by atoms with Gasteiger partial charge >= 0.3 is 6.03 Å². The van der Waals surface area contributed by atoms with Crippen LogP contribution in [-0.2, 0) is 0 Å². The highest BCUT2D eigenvalue weighted by Gasteiger charge is 2.25. The lowest BCUT2D eigenvalue weighted by Gasteiger charge is -2.30. The molecule has 0 radical (unpaired) electrons. The number of piperidine rings is 1. The molecule has 0 saturated carbocycles. The number of nitrogens with zero attached hydrogens (tertiary/aromatic N) is 2. The van der Waals surface area contributed by atoms with E-state index >= 15 is 0 Å². The summed E-state index contributed by atoms with van der Waals surface area (Å²) in [6.45, 7) is 3.50. The van der Waals surface area contributed by atoms with Crippen LogP contribution in [0.1, 0.15) is 30.0 Å². The van der Waals surface area contributed by atoms with Gasteiger partial charge in [-0.25, -0.2) is 4.79 Å². The smallest absolute Gasteiger partial charge is 0.314 e. The molecule has 0 bridgehead atoms. The molecule has 5 nitrogen and oxygen atoms in total. The van der Waals surface area contributed by atoms with E-state index in [-0.39, 0.29) is 6.03 Å². The molecule has 2 heterocycles. The maximum atomic E-state index is 11.1. The number of urea groups is 1. The highest BCUT2D eigenvalue weighted by atomic mass is 16.2. The van der Waals surface area contributed by atoms with Gasteiger partial charge < -0.3 is 10.6 Å². The van der Waals surface area contributed by atoms with E-state index in [0.717, 1.165) is 30.6 Å². The lowest BCUT2D eigenvalue weighted by Crippen LogP contribution is -2.42. The van der Waals surface area contributed by atoms with Crippen LogP contribution in [0.25, 0.3) is 0 Å². The Morgan fingerprint density at radius 3 is 3.13 bits per heavy atom. The average molecular weight is 208 g/mol. The van der Waals surface area contributed by atoms with Crippen molar-refractivity contribution in [2.45, 2.75) is 25.7 Å². The zero-order valence-corrected chi connectivity index (χ0v) is 8.86. The van der Waals surface area contributed by atoms with Crippen LogP contribution in [0.5, 0.6) is 0 Å². The Balaban J connectivity index is 2.11. The van der Waals surface area contributed by atoms with Crippen molar-refractivity contribution >= 4 is 6.03 Å². The predicted molar refractivity (Wildman–Crippen MR) is 56.5 cm³/mol. The lowest BCUT2D eigenvalue weighted by atomic mass is 9.93. The third-order valence-electron chi connectivity index (χ3n) is 2.99. The summed E-state index contributed by atoms with van der Waals surface area (Å²) in [5.74, 6) is 0.331. The number of aryl methyl sites for hydroxylation is 1. The Morgan fingerprint density at radius 2 is 2.53 bits per heavy atom. The number of primary amides is 1. The molecule has 0 spiro atoms. The summed E-state index contributed by atoms with van der Waals surface area (Å²) in [5, 5.41) is 7.08. The van der Waals surface area contributed by atoms with E-state index in [4.69, 9.17) is 5.73 Å². The number of aromatic nitrogens is 2. The highest BCUT2D eigenvalue weighted by Crippen LogP contribution is 2.26. The van der Waals surface area contributed by atoms with Gasteiger partial charge in [0.2, 0.25) is 0 Å². The van der Waals surface area contributed by atoms with E-state index in [9.17, 15) is 4.79 Å². The first kappa shape index (κ1) is 10.0. The van der Waals surface area contributed by atoms with E-state index in [1.54, 1.807) is 4.90 Å². The SMILES string of the molecule is Cc1c[nH]nc1C1CCCN(C(N)=O)C1. The minimum absolute atomic E-state index is 0.326. The van der Waals surface area contributed by atoms with Crippen LogP contribution < -0.4 is 5.73 Å². The fourth-order valence-electron chi connectivity index (χ4n) is 2.17. The molecule has 0 aromatic carbocycles. The van der Waals surface area contributed by atoms with Crippen LogP contribution in [0.15, 0.2) is 6.20 Å². The first-order valence-corrected chi connectivity index (χ1v) is 5.23. The molecule has 1 aromatic rings. The molecular weight excluding hydrogens is 192 g/mol. The number of hydrogen-bond acceptors (Lipinski definition) is 2. The van der Waals surface area contributed by atoms with E-state index in [1.165, 1.54) is 0 Å². The van der Waals surface area contributed by atoms with E-state index in [2.05, 4.69) is 10.2 Å². The molecule has 3 N–H and O–H groups in total. The molecule has 0 aliphatic carbocycles. The van der Waals surface area contributed by atoms with Crippen LogP contribution in [0.4, 0.5) is 4.79 Å². The second-order valence-corrected chi connectivity index (χ2v) is 4.08. The molecule has 15 heavy (non-hydrogen) atoms. The Hall–Kier alpha value is -1.52. The average Bonchev–Trinajstić information content (AvgIpc) is 2.64. The third kappa shape index (κ3) is 1.95. The third-order valence-corrected chi connectivity index (χ3v) is 2.99. The predicted octanol–water partition coefficient (Wildman–Crippen LogP) is 0.976. The van der Waals surface area contributed by atoms with E-state index < -0.39 is 0 Å². The Kier molecular flexibility index (Phi) is 2.62. The van der Waals surface area contributed by atoms with Crippen molar-refractivity contribution in [2.75, 3.05) is 13.1 Å². The molecule has 1 aliphatic heterocycles. The van der Waals surface area contributed by atoms with Gasteiger partial charge in [-0.15, -0.1) is 0 Å². The molecular formula is C10H16N4O.